The van der Waals surface area contributed by atoms with Gasteiger partial charge in [-0.15, -0.1) is 0 Å². The van der Waals surface area contributed by atoms with Crippen LogP contribution >= 0.6 is 0 Å². The number of anilines is 1. The molecule has 1 saturated heterocycles. The van der Waals surface area contributed by atoms with Crippen LogP contribution in [0.1, 0.15) is 45.1 Å². The van der Waals surface area contributed by atoms with Crippen LogP contribution in [0.3, 0.4) is 0 Å². The summed E-state index contributed by atoms with van der Waals surface area (Å²) in [6.07, 6.45) is 4.70. The van der Waals surface area contributed by atoms with Crippen molar-refractivity contribution in [1.29, 1.82) is 0 Å². The highest BCUT2D eigenvalue weighted by atomic mass is 16.5. The second-order valence-corrected chi connectivity index (χ2v) is 6.28. The number of benzene rings is 1. The van der Waals surface area contributed by atoms with Gasteiger partial charge in [0.25, 0.3) is 0 Å². The summed E-state index contributed by atoms with van der Waals surface area (Å²) in [6.45, 7) is 5.40. The molecule has 0 bridgehead atoms. The van der Waals surface area contributed by atoms with E-state index in [1.165, 1.54) is 6.42 Å². The predicted octanol–water partition coefficient (Wildman–Crippen LogP) is 2.62. The highest BCUT2D eigenvalue weighted by Crippen LogP contribution is 2.24. The molecule has 0 aromatic heterocycles. The first kappa shape index (κ1) is 15.8. The molecule has 1 unspecified atom stereocenters. The van der Waals surface area contributed by atoms with Crippen molar-refractivity contribution in [2.24, 2.45) is 0 Å². The van der Waals surface area contributed by atoms with E-state index in [2.05, 4.69) is 5.32 Å². The summed E-state index contributed by atoms with van der Waals surface area (Å²) in [5.41, 5.74) is 6.83. The fourth-order valence-electron chi connectivity index (χ4n) is 2.63. The largest absolute Gasteiger partial charge is 0.399 e. The van der Waals surface area contributed by atoms with Crippen LogP contribution in [0, 0.1) is 0 Å². The predicted molar refractivity (Wildman–Crippen MR) is 85.1 cm³/mol. The van der Waals surface area contributed by atoms with E-state index in [9.17, 15) is 4.79 Å². The zero-order valence-electron chi connectivity index (χ0n) is 13.0. The normalized spacial score (nSPS) is 19.2. The van der Waals surface area contributed by atoms with Gasteiger partial charge in [-0.25, -0.2) is 0 Å². The van der Waals surface area contributed by atoms with Crippen molar-refractivity contribution in [3.8, 4) is 0 Å². The van der Waals surface area contributed by atoms with Crippen LogP contribution in [0.15, 0.2) is 24.3 Å². The summed E-state index contributed by atoms with van der Waals surface area (Å²) >= 11 is 0. The summed E-state index contributed by atoms with van der Waals surface area (Å²) in [6, 6.07) is 7.50. The number of carbonyl (C=O) groups excluding carboxylic acids is 1. The molecule has 0 spiro atoms. The maximum atomic E-state index is 12.4. The molecule has 1 aliphatic heterocycles. The van der Waals surface area contributed by atoms with E-state index in [-0.39, 0.29) is 5.91 Å². The van der Waals surface area contributed by atoms with Crippen molar-refractivity contribution in [3.05, 3.63) is 29.8 Å². The summed E-state index contributed by atoms with van der Waals surface area (Å²) < 4.78 is 5.68. The molecule has 4 nitrogen and oxygen atoms in total. The third-order valence-corrected chi connectivity index (χ3v) is 4.23. The molecular weight excluding hydrogens is 264 g/mol. The van der Waals surface area contributed by atoms with Crippen molar-refractivity contribution in [2.75, 3.05) is 18.9 Å². The number of ether oxygens (including phenoxy) is 1. The number of hydrogen-bond acceptors (Lipinski definition) is 3. The number of hydrogen-bond donors (Lipinski definition) is 2. The molecule has 1 aromatic rings. The van der Waals surface area contributed by atoms with Crippen LogP contribution in [-0.4, -0.2) is 25.2 Å². The smallest absolute Gasteiger partial charge is 0.230 e. The Morgan fingerprint density at radius 2 is 2.05 bits per heavy atom. The first-order valence-corrected chi connectivity index (χ1v) is 7.76. The highest BCUT2D eigenvalue weighted by Gasteiger charge is 2.29. The van der Waals surface area contributed by atoms with Gasteiger partial charge in [-0.05, 0) is 57.2 Å². The van der Waals surface area contributed by atoms with Gasteiger partial charge in [0.05, 0.1) is 11.5 Å². The van der Waals surface area contributed by atoms with Gasteiger partial charge in [0, 0.05) is 18.8 Å². The standard InChI is InChI=1S/C17H26N2O2/c1-17(2,13-6-8-14(18)9-7-13)16(20)19-11-10-15-5-3-4-12-21-15/h6-9,15H,3-5,10-12,18H2,1-2H3,(H,19,20). The van der Waals surface area contributed by atoms with Crippen LogP contribution in [0.2, 0.25) is 0 Å². The number of nitrogen functional groups attached to an aromatic ring is 1. The molecule has 1 amide bonds. The minimum absolute atomic E-state index is 0.0445. The van der Waals surface area contributed by atoms with Crippen LogP contribution < -0.4 is 11.1 Å². The number of nitrogens with two attached hydrogens (primary N) is 1. The maximum Gasteiger partial charge on any atom is 0.230 e. The summed E-state index contributed by atoms with van der Waals surface area (Å²) in [5.74, 6) is 0.0445. The molecule has 0 aliphatic carbocycles. The second kappa shape index (κ2) is 6.94. The maximum absolute atomic E-state index is 12.4. The Balaban J connectivity index is 1.84. The average Bonchev–Trinajstić information content (AvgIpc) is 2.48. The van der Waals surface area contributed by atoms with E-state index in [1.807, 2.05) is 38.1 Å². The minimum Gasteiger partial charge on any atom is -0.399 e. The monoisotopic (exact) mass is 290 g/mol. The van der Waals surface area contributed by atoms with E-state index < -0.39 is 5.41 Å². The molecule has 1 atom stereocenters. The van der Waals surface area contributed by atoms with Gasteiger partial charge in [-0.2, -0.15) is 0 Å². The molecule has 116 valence electrons. The molecule has 3 N–H and O–H groups in total. The lowest BCUT2D eigenvalue weighted by Crippen LogP contribution is -2.41. The van der Waals surface area contributed by atoms with E-state index in [0.717, 1.165) is 31.4 Å². The third-order valence-electron chi connectivity index (χ3n) is 4.23. The number of amides is 1. The van der Waals surface area contributed by atoms with Gasteiger partial charge >= 0.3 is 0 Å². The Morgan fingerprint density at radius 1 is 1.33 bits per heavy atom. The molecule has 1 aromatic carbocycles. The first-order chi connectivity index (χ1) is 10.00. The minimum atomic E-state index is -0.554. The summed E-state index contributed by atoms with van der Waals surface area (Å²) in [7, 11) is 0. The Kier molecular flexibility index (Phi) is 5.23. The number of nitrogens with one attached hydrogen (secondary N) is 1. The molecule has 21 heavy (non-hydrogen) atoms. The second-order valence-electron chi connectivity index (χ2n) is 6.28. The molecule has 2 rings (SSSR count). The van der Waals surface area contributed by atoms with Gasteiger partial charge in [0.2, 0.25) is 5.91 Å². The van der Waals surface area contributed by atoms with Crippen LogP contribution in [0.4, 0.5) is 5.69 Å². The SMILES string of the molecule is CC(C)(C(=O)NCCC1CCCCO1)c1ccc(N)cc1. The number of rotatable bonds is 5. The van der Waals surface area contributed by atoms with Gasteiger partial charge in [0.15, 0.2) is 0 Å². The van der Waals surface area contributed by atoms with Crippen molar-refractivity contribution in [1.82, 2.24) is 5.32 Å². The van der Waals surface area contributed by atoms with Crippen molar-refractivity contribution in [2.45, 2.75) is 51.0 Å². The van der Waals surface area contributed by atoms with E-state index in [1.54, 1.807) is 0 Å². The number of carbonyl (C=O) groups is 1. The van der Waals surface area contributed by atoms with Gasteiger partial charge in [0.1, 0.15) is 0 Å². The lowest BCUT2D eigenvalue weighted by atomic mass is 9.83. The van der Waals surface area contributed by atoms with Gasteiger partial charge in [-0.3, -0.25) is 4.79 Å². The molecule has 0 radical (unpaired) electrons. The Morgan fingerprint density at radius 3 is 2.67 bits per heavy atom. The van der Waals surface area contributed by atoms with Crippen molar-refractivity contribution < 1.29 is 9.53 Å². The fraction of sp³-hybridized carbons (Fsp3) is 0.588. The molecule has 4 heteroatoms. The molecule has 1 heterocycles. The quantitative estimate of drug-likeness (QED) is 0.819. The lowest BCUT2D eigenvalue weighted by molar-refractivity contribution is -0.125. The van der Waals surface area contributed by atoms with Crippen molar-refractivity contribution in [3.63, 3.8) is 0 Å². The fourth-order valence-corrected chi connectivity index (χ4v) is 2.63. The zero-order chi connectivity index (χ0) is 15.3. The van der Waals surface area contributed by atoms with E-state index in [0.29, 0.717) is 18.3 Å². The Hall–Kier alpha value is -1.55. The lowest BCUT2D eigenvalue weighted by Gasteiger charge is -2.26. The molecular formula is C17H26N2O2. The summed E-state index contributed by atoms with van der Waals surface area (Å²) in [5, 5.41) is 3.03. The van der Waals surface area contributed by atoms with Crippen LogP contribution in [0.5, 0.6) is 0 Å². The zero-order valence-corrected chi connectivity index (χ0v) is 13.0. The van der Waals surface area contributed by atoms with Gasteiger partial charge < -0.3 is 15.8 Å². The molecule has 1 aliphatic rings. The summed E-state index contributed by atoms with van der Waals surface area (Å²) in [4.78, 5) is 12.4. The van der Waals surface area contributed by atoms with Gasteiger partial charge in [-0.1, -0.05) is 12.1 Å². The first-order valence-electron chi connectivity index (χ1n) is 7.76. The van der Waals surface area contributed by atoms with Crippen LogP contribution in [0.25, 0.3) is 0 Å². The van der Waals surface area contributed by atoms with Crippen LogP contribution in [-0.2, 0) is 14.9 Å². The van der Waals surface area contributed by atoms with Crippen molar-refractivity contribution >= 4 is 11.6 Å². The highest BCUT2D eigenvalue weighted by molar-refractivity contribution is 5.87. The average molecular weight is 290 g/mol. The Bertz CT molecular complexity index is 462. The topological polar surface area (TPSA) is 64.3 Å². The third kappa shape index (κ3) is 4.21. The molecule has 1 fully saturated rings. The van der Waals surface area contributed by atoms with E-state index in [4.69, 9.17) is 10.5 Å². The molecule has 0 saturated carbocycles. The van der Waals surface area contributed by atoms with E-state index >= 15 is 0 Å². The Labute approximate surface area is 127 Å².